The lowest BCUT2D eigenvalue weighted by Gasteiger charge is -2.36. The van der Waals surface area contributed by atoms with Gasteiger partial charge in [0.25, 0.3) is 0 Å². The normalized spacial score (nSPS) is 23.9. The smallest absolute Gasteiger partial charge is 0.151 e. The Morgan fingerprint density at radius 2 is 2.00 bits per heavy atom. The van der Waals surface area contributed by atoms with Crippen LogP contribution in [0.15, 0.2) is 0 Å². The minimum Gasteiger partial charge on any atom is -0.303 e. The molecule has 94 valence electrons. The molecule has 0 aromatic carbocycles. The van der Waals surface area contributed by atoms with Gasteiger partial charge in [0.2, 0.25) is 0 Å². The van der Waals surface area contributed by atoms with E-state index in [0.717, 1.165) is 38.9 Å². The minimum atomic E-state index is 0.130. The van der Waals surface area contributed by atoms with Crippen molar-refractivity contribution in [2.75, 3.05) is 33.7 Å². The average molecular weight is 226 g/mol. The molecule has 0 aromatic heterocycles. The highest BCUT2D eigenvalue weighted by Gasteiger charge is 2.27. The van der Waals surface area contributed by atoms with E-state index in [2.05, 4.69) is 37.7 Å². The fraction of sp³-hybridized carbons (Fsp3) is 0.923. The van der Waals surface area contributed by atoms with Crippen LogP contribution in [0.4, 0.5) is 0 Å². The highest BCUT2D eigenvalue weighted by molar-refractivity contribution is 5.84. The summed E-state index contributed by atoms with van der Waals surface area (Å²) in [7, 11) is 4.17. The van der Waals surface area contributed by atoms with Crippen molar-refractivity contribution in [3.63, 3.8) is 0 Å². The number of rotatable bonds is 5. The second-order valence-corrected chi connectivity index (χ2v) is 5.51. The first kappa shape index (κ1) is 13.7. The summed E-state index contributed by atoms with van der Waals surface area (Å²) < 4.78 is 0. The highest BCUT2D eigenvalue weighted by Crippen LogP contribution is 2.12. The predicted octanol–water partition coefficient (Wildman–Crippen LogP) is 1.63. The third-order valence-electron chi connectivity index (χ3n) is 3.43. The average Bonchev–Trinajstić information content (AvgIpc) is 2.21. The van der Waals surface area contributed by atoms with E-state index in [9.17, 15) is 4.79 Å². The standard InChI is InChI=1S/C13H26N2O/c1-11(2)6-5-7-13(16)12-10-14(3)8-9-15(12)4/h11-12H,5-10H2,1-4H3. The molecule has 0 spiro atoms. The molecule has 0 aromatic rings. The molecule has 1 aliphatic heterocycles. The number of hydrogen-bond donors (Lipinski definition) is 0. The second kappa shape index (κ2) is 6.36. The Morgan fingerprint density at radius 1 is 1.31 bits per heavy atom. The first-order chi connectivity index (χ1) is 7.50. The molecule has 0 amide bonds. The van der Waals surface area contributed by atoms with Crippen molar-refractivity contribution in [1.82, 2.24) is 9.80 Å². The van der Waals surface area contributed by atoms with Crippen molar-refractivity contribution >= 4 is 5.78 Å². The Balaban J connectivity index is 2.34. The van der Waals surface area contributed by atoms with Crippen LogP contribution in [0.3, 0.4) is 0 Å². The molecule has 1 saturated heterocycles. The summed E-state index contributed by atoms with van der Waals surface area (Å²) in [5, 5.41) is 0. The van der Waals surface area contributed by atoms with Crippen LogP contribution in [0.25, 0.3) is 0 Å². The van der Waals surface area contributed by atoms with E-state index in [0.29, 0.717) is 11.7 Å². The van der Waals surface area contributed by atoms with E-state index in [1.807, 2.05) is 0 Å². The molecule has 1 rings (SSSR count). The molecule has 3 nitrogen and oxygen atoms in total. The number of likely N-dealkylation sites (N-methyl/N-ethyl adjacent to an activating group) is 2. The summed E-state index contributed by atoms with van der Waals surface area (Å²) in [6, 6.07) is 0.130. The van der Waals surface area contributed by atoms with Crippen molar-refractivity contribution < 1.29 is 4.79 Å². The Kier molecular flexibility index (Phi) is 5.42. The molecular weight excluding hydrogens is 200 g/mol. The van der Waals surface area contributed by atoms with E-state index in [-0.39, 0.29) is 6.04 Å². The summed E-state index contributed by atoms with van der Waals surface area (Å²) in [6.45, 7) is 7.41. The van der Waals surface area contributed by atoms with Crippen molar-refractivity contribution in [2.24, 2.45) is 5.92 Å². The predicted molar refractivity (Wildman–Crippen MR) is 67.6 cm³/mol. The van der Waals surface area contributed by atoms with Gasteiger partial charge in [0.05, 0.1) is 6.04 Å². The molecule has 16 heavy (non-hydrogen) atoms. The summed E-state index contributed by atoms with van der Waals surface area (Å²) in [5.41, 5.74) is 0. The minimum absolute atomic E-state index is 0.130. The van der Waals surface area contributed by atoms with Gasteiger partial charge in [0, 0.05) is 26.1 Å². The molecule has 0 bridgehead atoms. The lowest BCUT2D eigenvalue weighted by Crippen LogP contribution is -2.53. The maximum Gasteiger partial charge on any atom is 0.151 e. The van der Waals surface area contributed by atoms with Gasteiger partial charge in [-0.15, -0.1) is 0 Å². The first-order valence-corrected chi connectivity index (χ1v) is 6.42. The van der Waals surface area contributed by atoms with Crippen LogP contribution in [0.5, 0.6) is 0 Å². The topological polar surface area (TPSA) is 23.6 Å². The summed E-state index contributed by atoms with van der Waals surface area (Å²) in [6.07, 6.45) is 2.96. The fourth-order valence-electron chi connectivity index (χ4n) is 2.21. The Morgan fingerprint density at radius 3 is 2.62 bits per heavy atom. The molecule has 1 aliphatic rings. The maximum atomic E-state index is 12.1. The van der Waals surface area contributed by atoms with Gasteiger partial charge in [0.15, 0.2) is 5.78 Å². The number of Topliss-reactive ketones (excluding diaryl/α,β-unsaturated/α-hetero) is 1. The number of piperazine rings is 1. The van der Waals surface area contributed by atoms with Crippen LogP contribution < -0.4 is 0 Å². The third-order valence-corrected chi connectivity index (χ3v) is 3.43. The van der Waals surface area contributed by atoms with Gasteiger partial charge in [0.1, 0.15) is 0 Å². The van der Waals surface area contributed by atoms with Crippen molar-refractivity contribution in [1.29, 1.82) is 0 Å². The lowest BCUT2D eigenvalue weighted by atomic mass is 10.00. The van der Waals surface area contributed by atoms with Crippen LogP contribution in [0, 0.1) is 5.92 Å². The molecule has 0 aliphatic carbocycles. The van der Waals surface area contributed by atoms with Gasteiger partial charge in [-0.25, -0.2) is 0 Å². The maximum absolute atomic E-state index is 12.1. The highest BCUT2D eigenvalue weighted by atomic mass is 16.1. The number of nitrogens with zero attached hydrogens (tertiary/aromatic N) is 2. The van der Waals surface area contributed by atoms with Gasteiger partial charge in [-0.1, -0.05) is 20.3 Å². The van der Waals surface area contributed by atoms with Gasteiger partial charge in [-0.2, -0.15) is 0 Å². The third kappa shape index (κ3) is 4.22. The summed E-state index contributed by atoms with van der Waals surface area (Å²) in [4.78, 5) is 16.5. The largest absolute Gasteiger partial charge is 0.303 e. The Labute approximate surface area is 99.8 Å². The van der Waals surface area contributed by atoms with Crippen molar-refractivity contribution in [2.45, 2.75) is 39.2 Å². The van der Waals surface area contributed by atoms with Crippen LogP contribution in [0.2, 0.25) is 0 Å². The van der Waals surface area contributed by atoms with E-state index < -0.39 is 0 Å². The second-order valence-electron chi connectivity index (χ2n) is 5.51. The van der Waals surface area contributed by atoms with Gasteiger partial charge >= 0.3 is 0 Å². The molecule has 3 heteroatoms. The number of ketones is 1. The van der Waals surface area contributed by atoms with E-state index in [4.69, 9.17) is 0 Å². The lowest BCUT2D eigenvalue weighted by molar-refractivity contribution is -0.125. The SMILES string of the molecule is CC(C)CCCC(=O)C1CN(C)CCN1C. The first-order valence-electron chi connectivity index (χ1n) is 6.42. The quantitative estimate of drug-likeness (QED) is 0.712. The Hall–Kier alpha value is -0.410. The zero-order valence-electron chi connectivity index (χ0n) is 11.2. The molecule has 1 unspecified atom stereocenters. The van der Waals surface area contributed by atoms with Crippen LogP contribution in [-0.2, 0) is 4.79 Å². The van der Waals surface area contributed by atoms with E-state index in [1.54, 1.807) is 0 Å². The van der Waals surface area contributed by atoms with Gasteiger partial charge < -0.3 is 4.90 Å². The molecular formula is C13H26N2O. The van der Waals surface area contributed by atoms with Crippen molar-refractivity contribution in [3.8, 4) is 0 Å². The number of hydrogen-bond acceptors (Lipinski definition) is 3. The molecule has 0 saturated carbocycles. The molecule has 0 radical (unpaired) electrons. The molecule has 1 atom stereocenters. The molecule has 1 heterocycles. The zero-order chi connectivity index (χ0) is 12.1. The zero-order valence-corrected chi connectivity index (χ0v) is 11.2. The van der Waals surface area contributed by atoms with E-state index in [1.165, 1.54) is 0 Å². The van der Waals surface area contributed by atoms with Gasteiger partial charge in [-0.3, -0.25) is 9.69 Å². The fourth-order valence-corrected chi connectivity index (χ4v) is 2.21. The molecule has 0 N–H and O–H groups in total. The van der Waals surface area contributed by atoms with E-state index >= 15 is 0 Å². The van der Waals surface area contributed by atoms with Gasteiger partial charge in [-0.05, 0) is 26.4 Å². The van der Waals surface area contributed by atoms with Crippen LogP contribution in [-0.4, -0.2) is 55.4 Å². The number of carbonyl (C=O) groups is 1. The number of carbonyl (C=O) groups excluding carboxylic acids is 1. The monoisotopic (exact) mass is 226 g/mol. The molecule has 1 fully saturated rings. The van der Waals surface area contributed by atoms with Crippen LogP contribution in [0.1, 0.15) is 33.1 Å². The summed E-state index contributed by atoms with van der Waals surface area (Å²) in [5.74, 6) is 1.13. The van der Waals surface area contributed by atoms with Crippen LogP contribution >= 0.6 is 0 Å². The Bertz CT molecular complexity index is 228. The van der Waals surface area contributed by atoms with Crippen molar-refractivity contribution in [3.05, 3.63) is 0 Å². The summed E-state index contributed by atoms with van der Waals surface area (Å²) >= 11 is 0.